The number of hydrogen-bond donors (Lipinski definition) is 0. The standard InChI is InChI=1S/C9H11NO2/c1-7(2)3-4-8-5-6-9(8)10(11)12/h9H,5-6H2,1-2H3. The fourth-order valence-electron chi connectivity index (χ4n) is 1.00. The van der Waals surface area contributed by atoms with Gasteiger partial charge in [0.1, 0.15) is 0 Å². The van der Waals surface area contributed by atoms with E-state index in [1.165, 1.54) is 0 Å². The summed E-state index contributed by atoms with van der Waals surface area (Å²) in [6, 6.07) is -0.489. The molecular weight excluding hydrogens is 154 g/mol. The lowest BCUT2D eigenvalue weighted by Crippen LogP contribution is -2.29. The Morgan fingerprint density at radius 1 is 1.67 bits per heavy atom. The lowest BCUT2D eigenvalue weighted by Gasteiger charge is -2.18. The number of allylic oxidation sites excluding steroid dienone is 1. The predicted molar refractivity (Wildman–Crippen MR) is 45.4 cm³/mol. The molecule has 1 fully saturated rings. The summed E-state index contributed by atoms with van der Waals surface area (Å²) in [6.07, 6.45) is 1.45. The van der Waals surface area contributed by atoms with Crippen molar-refractivity contribution in [2.75, 3.05) is 0 Å². The van der Waals surface area contributed by atoms with Gasteiger partial charge in [0.15, 0.2) is 0 Å². The summed E-state index contributed by atoms with van der Waals surface area (Å²) in [6.45, 7) is 3.79. The molecule has 0 spiro atoms. The number of nitrogens with zero attached hydrogens (tertiary/aromatic N) is 1. The maximum absolute atomic E-state index is 10.3. The maximum Gasteiger partial charge on any atom is 0.242 e. The molecule has 0 N–H and O–H groups in total. The Morgan fingerprint density at radius 3 is 2.67 bits per heavy atom. The highest BCUT2D eigenvalue weighted by molar-refractivity contribution is 5.16. The Labute approximate surface area is 71.2 Å². The average molecular weight is 165 g/mol. The molecule has 0 radical (unpaired) electrons. The molecule has 0 bridgehead atoms. The van der Waals surface area contributed by atoms with E-state index in [4.69, 9.17) is 0 Å². The molecule has 12 heavy (non-hydrogen) atoms. The fraction of sp³-hybridized carbons (Fsp3) is 0.556. The molecule has 0 aromatic rings. The van der Waals surface area contributed by atoms with E-state index in [9.17, 15) is 10.1 Å². The third kappa shape index (κ3) is 1.85. The first kappa shape index (κ1) is 8.79. The summed E-state index contributed by atoms with van der Waals surface area (Å²) < 4.78 is 0. The van der Waals surface area contributed by atoms with Crippen molar-refractivity contribution in [2.45, 2.75) is 32.7 Å². The van der Waals surface area contributed by atoms with Crippen LogP contribution in [0.25, 0.3) is 0 Å². The average Bonchev–Trinajstić information content (AvgIpc) is 1.82. The van der Waals surface area contributed by atoms with Gasteiger partial charge in [-0.1, -0.05) is 11.5 Å². The summed E-state index contributed by atoms with van der Waals surface area (Å²) in [7, 11) is 0. The molecule has 1 aliphatic carbocycles. The highest BCUT2D eigenvalue weighted by Crippen LogP contribution is 2.27. The molecule has 1 rings (SSSR count). The first-order chi connectivity index (χ1) is 5.61. The summed E-state index contributed by atoms with van der Waals surface area (Å²) in [4.78, 5) is 10.1. The van der Waals surface area contributed by atoms with E-state index in [1.54, 1.807) is 0 Å². The Bertz CT molecular complexity index is 300. The van der Waals surface area contributed by atoms with E-state index in [1.807, 2.05) is 13.8 Å². The van der Waals surface area contributed by atoms with E-state index in [2.05, 4.69) is 11.5 Å². The van der Waals surface area contributed by atoms with Gasteiger partial charge in [0.25, 0.3) is 0 Å². The number of nitro groups is 1. The van der Waals surface area contributed by atoms with Gasteiger partial charge in [0, 0.05) is 11.3 Å². The second kappa shape index (κ2) is 3.40. The lowest BCUT2D eigenvalue weighted by atomic mass is 9.87. The first-order valence-electron chi connectivity index (χ1n) is 3.92. The molecule has 0 saturated heterocycles. The molecule has 3 nitrogen and oxygen atoms in total. The van der Waals surface area contributed by atoms with Gasteiger partial charge in [0.2, 0.25) is 6.04 Å². The molecule has 1 atom stereocenters. The van der Waals surface area contributed by atoms with Crippen molar-refractivity contribution in [1.82, 2.24) is 0 Å². The maximum atomic E-state index is 10.3. The van der Waals surface area contributed by atoms with E-state index in [0.717, 1.165) is 17.6 Å². The van der Waals surface area contributed by atoms with Crippen molar-refractivity contribution in [1.29, 1.82) is 0 Å². The van der Waals surface area contributed by atoms with E-state index < -0.39 is 6.04 Å². The van der Waals surface area contributed by atoms with E-state index >= 15 is 0 Å². The van der Waals surface area contributed by atoms with Crippen molar-refractivity contribution >= 4 is 0 Å². The van der Waals surface area contributed by atoms with Gasteiger partial charge in [-0.05, 0) is 25.8 Å². The Kier molecular flexibility index (Phi) is 2.49. The molecule has 0 aliphatic heterocycles. The number of hydrogen-bond acceptors (Lipinski definition) is 2. The molecule has 1 unspecified atom stereocenters. The van der Waals surface area contributed by atoms with Crippen LogP contribution in [0, 0.1) is 10.1 Å². The lowest BCUT2D eigenvalue weighted by molar-refractivity contribution is -0.521. The normalized spacial score (nSPS) is 20.5. The Hall–Kier alpha value is -1.30. The van der Waals surface area contributed by atoms with Crippen LogP contribution in [0.5, 0.6) is 0 Å². The van der Waals surface area contributed by atoms with Crippen LogP contribution in [0.15, 0.2) is 22.6 Å². The van der Waals surface area contributed by atoms with Crippen LogP contribution in [-0.4, -0.2) is 11.0 Å². The first-order valence-corrected chi connectivity index (χ1v) is 3.92. The van der Waals surface area contributed by atoms with Crippen LogP contribution in [0.3, 0.4) is 0 Å². The van der Waals surface area contributed by atoms with Crippen LogP contribution >= 0.6 is 0 Å². The molecule has 0 heterocycles. The van der Waals surface area contributed by atoms with Gasteiger partial charge >= 0.3 is 0 Å². The van der Waals surface area contributed by atoms with Gasteiger partial charge in [0.05, 0.1) is 5.57 Å². The SMILES string of the molecule is CC(C)=C=C=C1CCC1[N+](=O)[O-]. The Balaban J connectivity index is 2.86. The van der Waals surface area contributed by atoms with E-state index in [0.29, 0.717) is 6.42 Å². The smallest absolute Gasteiger partial charge is 0.242 e. The summed E-state index contributed by atoms with van der Waals surface area (Å²) in [5.41, 5.74) is 7.47. The van der Waals surface area contributed by atoms with Gasteiger partial charge < -0.3 is 0 Å². The van der Waals surface area contributed by atoms with Crippen LogP contribution in [0.1, 0.15) is 26.7 Å². The molecule has 0 aromatic heterocycles. The zero-order chi connectivity index (χ0) is 9.14. The van der Waals surface area contributed by atoms with Crippen LogP contribution in [-0.2, 0) is 0 Å². The molecule has 0 amide bonds. The van der Waals surface area contributed by atoms with Crippen molar-refractivity contribution in [2.24, 2.45) is 0 Å². The molecule has 1 saturated carbocycles. The van der Waals surface area contributed by atoms with Crippen molar-refractivity contribution < 1.29 is 4.92 Å². The third-order valence-electron chi connectivity index (χ3n) is 1.82. The summed E-state index contributed by atoms with van der Waals surface area (Å²) >= 11 is 0. The number of rotatable bonds is 1. The van der Waals surface area contributed by atoms with Gasteiger partial charge in [-0.25, -0.2) is 0 Å². The highest BCUT2D eigenvalue weighted by atomic mass is 16.6. The third-order valence-corrected chi connectivity index (χ3v) is 1.82. The van der Waals surface area contributed by atoms with Gasteiger partial charge in [-0.2, -0.15) is 0 Å². The summed E-state index contributed by atoms with van der Waals surface area (Å²) in [5.74, 6) is 0. The molecule has 1 aliphatic rings. The minimum Gasteiger partial charge on any atom is -0.264 e. The fourth-order valence-corrected chi connectivity index (χ4v) is 1.00. The second-order valence-electron chi connectivity index (χ2n) is 3.12. The zero-order valence-corrected chi connectivity index (χ0v) is 7.26. The Morgan fingerprint density at radius 2 is 2.33 bits per heavy atom. The van der Waals surface area contributed by atoms with Crippen molar-refractivity contribution in [3.63, 3.8) is 0 Å². The largest absolute Gasteiger partial charge is 0.264 e. The molecule has 64 valence electrons. The summed E-state index contributed by atoms with van der Waals surface area (Å²) in [5, 5.41) is 10.3. The van der Waals surface area contributed by atoms with Crippen LogP contribution < -0.4 is 0 Å². The van der Waals surface area contributed by atoms with Crippen molar-refractivity contribution in [3.8, 4) is 0 Å². The van der Waals surface area contributed by atoms with Gasteiger partial charge in [-0.15, -0.1) is 0 Å². The minimum absolute atomic E-state index is 0.251. The predicted octanol–water partition coefficient (Wildman–Crippen LogP) is 2.07. The minimum atomic E-state index is -0.489. The van der Waals surface area contributed by atoms with Gasteiger partial charge in [-0.3, -0.25) is 10.1 Å². The zero-order valence-electron chi connectivity index (χ0n) is 7.26. The molecule has 0 aromatic carbocycles. The van der Waals surface area contributed by atoms with Crippen LogP contribution in [0.2, 0.25) is 0 Å². The van der Waals surface area contributed by atoms with Crippen LogP contribution in [0.4, 0.5) is 0 Å². The van der Waals surface area contributed by atoms with E-state index in [-0.39, 0.29) is 4.92 Å². The topological polar surface area (TPSA) is 43.1 Å². The monoisotopic (exact) mass is 165 g/mol. The molecule has 3 heteroatoms. The van der Waals surface area contributed by atoms with Crippen molar-refractivity contribution in [3.05, 3.63) is 32.7 Å². The molecular formula is C9H11NO2. The second-order valence-corrected chi connectivity index (χ2v) is 3.12. The quantitative estimate of drug-likeness (QED) is 0.339. The highest BCUT2D eigenvalue weighted by Gasteiger charge is 2.34.